The van der Waals surface area contributed by atoms with Crippen molar-refractivity contribution in [2.75, 3.05) is 17.7 Å². The van der Waals surface area contributed by atoms with Crippen LogP contribution >= 0.6 is 0 Å². The van der Waals surface area contributed by atoms with Crippen molar-refractivity contribution in [3.63, 3.8) is 0 Å². The minimum atomic E-state index is -4.86. The Hall–Kier alpha value is -3.70. The van der Waals surface area contributed by atoms with Crippen LogP contribution in [0.5, 0.6) is 11.5 Å². The first-order valence-electron chi connectivity index (χ1n) is 10.0. The zero-order valence-electron chi connectivity index (χ0n) is 17.6. The summed E-state index contributed by atoms with van der Waals surface area (Å²) in [5.74, 6) is -0.429. The standard InChI is InChI=1S/C22H18F6N4O2/c1-33-18-8-7-14(10-16(18)21(23,24)25)29-19-11-17(31-20(32-19)30-13-5-6-13)12-3-2-4-15(9-12)34-22(26,27)28/h2-4,7-11,13H,5-6H2,1H3,(H2,29,30,31,32). The van der Waals surface area contributed by atoms with Crippen LogP contribution in [0.1, 0.15) is 18.4 Å². The molecule has 34 heavy (non-hydrogen) atoms. The number of alkyl halides is 6. The van der Waals surface area contributed by atoms with Crippen molar-refractivity contribution in [1.82, 2.24) is 9.97 Å². The van der Waals surface area contributed by atoms with E-state index in [2.05, 4.69) is 25.3 Å². The van der Waals surface area contributed by atoms with E-state index in [1.165, 1.54) is 30.3 Å². The fourth-order valence-corrected chi connectivity index (χ4v) is 3.14. The summed E-state index contributed by atoms with van der Waals surface area (Å²) in [4.78, 5) is 8.64. The van der Waals surface area contributed by atoms with Gasteiger partial charge in [0.05, 0.1) is 18.4 Å². The second kappa shape index (κ2) is 8.92. The number of hydrogen-bond acceptors (Lipinski definition) is 6. The minimum Gasteiger partial charge on any atom is -0.496 e. The molecule has 1 aromatic heterocycles. The SMILES string of the molecule is COc1ccc(Nc2cc(-c3cccc(OC(F)(F)F)c3)nc(NC3CC3)n2)cc1C(F)(F)F. The van der Waals surface area contributed by atoms with E-state index < -0.39 is 23.9 Å². The highest BCUT2D eigenvalue weighted by Crippen LogP contribution is 2.38. The Morgan fingerprint density at radius 3 is 2.35 bits per heavy atom. The molecule has 1 heterocycles. The molecule has 1 aliphatic carbocycles. The van der Waals surface area contributed by atoms with Gasteiger partial charge in [-0.15, -0.1) is 13.2 Å². The van der Waals surface area contributed by atoms with Crippen LogP contribution in [0, 0.1) is 0 Å². The average Bonchev–Trinajstić information content (AvgIpc) is 3.56. The lowest BCUT2D eigenvalue weighted by atomic mass is 10.1. The van der Waals surface area contributed by atoms with Crippen molar-refractivity contribution >= 4 is 17.5 Å². The maximum atomic E-state index is 13.4. The van der Waals surface area contributed by atoms with E-state index in [0.717, 1.165) is 38.2 Å². The van der Waals surface area contributed by atoms with Crippen molar-refractivity contribution < 1.29 is 35.8 Å². The topological polar surface area (TPSA) is 68.3 Å². The van der Waals surface area contributed by atoms with Gasteiger partial charge in [-0.2, -0.15) is 18.2 Å². The Labute approximate surface area is 189 Å². The van der Waals surface area contributed by atoms with Gasteiger partial charge in [-0.25, -0.2) is 4.98 Å². The third kappa shape index (κ3) is 6.00. The molecule has 0 atom stereocenters. The molecule has 2 aromatic carbocycles. The summed E-state index contributed by atoms with van der Waals surface area (Å²) >= 11 is 0. The monoisotopic (exact) mass is 484 g/mol. The van der Waals surface area contributed by atoms with Crippen LogP contribution in [-0.4, -0.2) is 29.5 Å². The highest BCUT2D eigenvalue weighted by molar-refractivity contribution is 5.69. The van der Waals surface area contributed by atoms with Crippen LogP contribution in [0.3, 0.4) is 0 Å². The number of ether oxygens (including phenoxy) is 2. The molecular formula is C22H18F6N4O2. The van der Waals surface area contributed by atoms with E-state index in [4.69, 9.17) is 4.74 Å². The molecule has 1 fully saturated rings. The molecule has 0 saturated heterocycles. The molecule has 0 unspecified atom stereocenters. The lowest BCUT2D eigenvalue weighted by molar-refractivity contribution is -0.274. The van der Waals surface area contributed by atoms with Crippen molar-refractivity contribution in [3.8, 4) is 22.8 Å². The van der Waals surface area contributed by atoms with Gasteiger partial charge in [-0.05, 0) is 43.2 Å². The summed E-state index contributed by atoms with van der Waals surface area (Å²) in [5, 5.41) is 5.89. The van der Waals surface area contributed by atoms with Crippen LogP contribution in [0.2, 0.25) is 0 Å². The van der Waals surface area contributed by atoms with E-state index in [1.807, 2.05) is 0 Å². The number of nitrogens with one attached hydrogen (secondary N) is 2. The molecule has 1 aliphatic rings. The molecule has 2 N–H and O–H groups in total. The first-order chi connectivity index (χ1) is 16.0. The molecule has 0 amide bonds. The second-order valence-electron chi connectivity index (χ2n) is 7.49. The van der Waals surface area contributed by atoms with Gasteiger partial charge >= 0.3 is 12.5 Å². The smallest absolute Gasteiger partial charge is 0.496 e. The van der Waals surface area contributed by atoms with Crippen LogP contribution in [-0.2, 0) is 6.18 Å². The highest BCUT2D eigenvalue weighted by Gasteiger charge is 2.35. The molecule has 0 aliphatic heterocycles. The third-order valence-corrected chi connectivity index (χ3v) is 4.78. The molecule has 0 spiro atoms. The van der Waals surface area contributed by atoms with Gasteiger partial charge < -0.3 is 20.1 Å². The predicted octanol–water partition coefficient (Wildman–Crippen LogP) is 6.39. The zero-order chi connectivity index (χ0) is 24.5. The number of aromatic nitrogens is 2. The maximum absolute atomic E-state index is 13.4. The lowest BCUT2D eigenvalue weighted by Gasteiger charge is -2.15. The molecule has 0 bridgehead atoms. The Morgan fingerprint density at radius 2 is 1.71 bits per heavy atom. The second-order valence-corrected chi connectivity index (χ2v) is 7.49. The molecule has 1 saturated carbocycles. The van der Waals surface area contributed by atoms with Gasteiger partial charge in [-0.1, -0.05) is 12.1 Å². The number of hydrogen-bond donors (Lipinski definition) is 2. The fourth-order valence-electron chi connectivity index (χ4n) is 3.14. The number of nitrogens with zero attached hydrogens (tertiary/aromatic N) is 2. The lowest BCUT2D eigenvalue weighted by Crippen LogP contribution is -2.17. The van der Waals surface area contributed by atoms with Gasteiger partial charge in [-0.3, -0.25) is 0 Å². The van der Waals surface area contributed by atoms with Crippen molar-refractivity contribution in [2.24, 2.45) is 0 Å². The van der Waals surface area contributed by atoms with Gasteiger partial charge in [0, 0.05) is 23.4 Å². The molecule has 3 aromatic rings. The molecule has 12 heteroatoms. The highest BCUT2D eigenvalue weighted by atomic mass is 19.4. The quantitative estimate of drug-likeness (QED) is 0.379. The van der Waals surface area contributed by atoms with E-state index in [9.17, 15) is 26.3 Å². The molecule has 0 radical (unpaired) electrons. The first kappa shape index (κ1) is 23.5. The third-order valence-electron chi connectivity index (χ3n) is 4.78. The Kier molecular flexibility index (Phi) is 6.15. The maximum Gasteiger partial charge on any atom is 0.573 e. The largest absolute Gasteiger partial charge is 0.573 e. The number of methoxy groups -OCH3 is 1. The summed E-state index contributed by atoms with van der Waals surface area (Å²) < 4.78 is 86.7. The summed E-state index contributed by atoms with van der Waals surface area (Å²) in [7, 11) is 1.14. The van der Waals surface area contributed by atoms with E-state index >= 15 is 0 Å². The minimum absolute atomic E-state index is 0.0873. The number of anilines is 3. The van der Waals surface area contributed by atoms with Crippen LogP contribution in [0.4, 0.5) is 43.8 Å². The van der Waals surface area contributed by atoms with Crippen molar-refractivity contribution in [3.05, 3.63) is 54.1 Å². The summed E-state index contributed by atoms with van der Waals surface area (Å²) in [5.41, 5.74) is -0.332. The van der Waals surface area contributed by atoms with Crippen molar-refractivity contribution in [1.29, 1.82) is 0 Å². The van der Waals surface area contributed by atoms with Crippen LogP contribution in [0.15, 0.2) is 48.5 Å². The molecule has 4 rings (SSSR count). The number of halogens is 6. The summed E-state index contributed by atoms with van der Waals surface area (Å²) in [6, 6.07) is 10.2. The summed E-state index contributed by atoms with van der Waals surface area (Å²) in [6.45, 7) is 0. The number of benzene rings is 2. The average molecular weight is 484 g/mol. The molecule has 180 valence electrons. The summed E-state index contributed by atoms with van der Waals surface area (Å²) in [6.07, 6.45) is -7.70. The molecular weight excluding hydrogens is 466 g/mol. The zero-order valence-corrected chi connectivity index (χ0v) is 17.6. The van der Waals surface area contributed by atoms with Crippen LogP contribution in [0.25, 0.3) is 11.3 Å². The molecule has 6 nitrogen and oxygen atoms in total. The van der Waals surface area contributed by atoms with E-state index in [-0.39, 0.29) is 34.9 Å². The van der Waals surface area contributed by atoms with Gasteiger partial charge in [0.25, 0.3) is 0 Å². The Morgan fingerprint density at radius 1 is 0.941 bits per heavy atom. The Bertz CT molecular complexity index is 1180. The fraction of sp³-hybridized carbons (Fsp3) is 0.273. The van der Waals surface area contributed by atoms with E-state index in [0.29, 0.717) is 5.56 Å². The van der Waals surface area contributed by atoms with Gasteiger partial charge in [0.2, 0.25) is 5.95 Å². The van der Waals surface area contributed by atoms with Gasteiger partial charge in [0.1, 0.15) is 17.3 Å². The first-order valence-corrected chi connectivity index (χ1v) is 10.0. The Balaban J connectivity index is 1.69. The predicted molar refractivity (Wildman–Crippen MR) is 112 cm³/mol. The normalized spacial score (nSPS) is 14.0. The van der Waals surface area contributed by atoms with Crippen molar-refractivity contribution in [2.45, 2.75) is 31.4 Å². The number of rotatable bonds is 7. The van der Waals surface area contributed by atoms with Crippen LogP contribution < -0.4 is 20.1 Å². The van der Waals surface area contributed by atoms with E-state index in [1.54, 1.807) is 0 Å². The van der Waals surface area contributed by atoms with Gasteiger partial charge in [0.15, 0.2) is 0 Å².